The largest absolute Gasteiger partial charge is 0.476 e. The van der Waals surface area contributed by atoms with Crippen molar-refractivity contribution in [2.75, 3.05) is 11.9 Å². The molecule has 1 aromatic heterocycles. The summed E-state index contributed by atoms with van der Waals surface area (Å²) in [6, 6.07) is 0. The highest BCUT2D eigenvalue weighted by Crippen LogP contribution is 2.18. The lowest BCUT2D eigenvalue weighted by atomic mass is 10.2. The molecule has 1 rings (SSSR count). The highest BCUT2D eigenvalue weighted by molar-refractivity contribution is 7.14. The van der Waals surface area contributed by atoms with Crippen LogP contribution in [-0.4, -0.2) is 51.6 Å². The first-order valence-electron chi connectivity index (χ1n) is 7.88. The second kappa shape index (κ2) is 8.80. The van der Waals surface area contributed by atoms with Crippen LogP contribution in [0.5, 0.6) is 0 Å². The van der Waals surface area contributed by atoms with Gasteiger partial charge >= 0.3 is 18.0 Å². The number of hydrogen-bond acceptors (Lipinski definition) is 9. The van der Waals surface area contributed by atoms with E-state index in [1.165, 1.54) is 5.38 Å². The minimum Gasteiger partial charge on any atom is -0.476 e. The molecule has 0 saturated heterocycles. The Morgan fingerprint density at radius 3 is 2.26 bits per heavy atom. The van der Waals surface area contributed by atoms with E-state index in [2.05, 4.69) is 15.5 Å². The summed E-state index contributed by atoms with van der Waals surface area (Å²) in [6.07, 6.45) is -0.724. The van der Waals surface area contributed by atoms with E-state index in [0.29, 0.717) is 0 Å². The fraction of sp³-hybridized carbons (Fsp3) is 0.562. The molecule has 150 valence electrons. The number of carbonyl (C=O) groups is 3. The van der Waals surface area contributed by atoms with Crippen molar-refractivity contribution in [2.24, 2.45) is 5.16 Å². The standard InChI is InChI=1S/C16H23N3O7S/c1-15(2,3)25-10(20)7-24-19-11(12(21)22)9-8-27-13(17-9)18-14(23)26-16(4,5)6/h8H,7H2,1-6H3,(H,21,22)(H,17,18,23). The Balaban J connectivity index is 2.76. The summed E-state index contributed by atoms with van der Waals surface area (Å²) in [5, 5.41) is 16.6. The van der Waals surface area contributed by atoms with Gasteiger partial charge in [-0.15, -0.1) is 11.3 Å². The number of hydrogen-bond donors (Lipinski definition) is 2. The number of nitrogens with zero attached hydrogens (tertiary/aromatic N) is 2. The molecule has 27 heavy (non-hydrogen) atoms. The van der Waals surface area contributed by atoms with Gasteiger partial charge in [-0.2, -0.15) is 0 Å². The van der Waals surface area contributed by atoms with Gasteiger partial charge in [0.25, 0.3) is 0 Å². The van der Waals surface area contributed by atoms with E-state index < -0.39 is 41.6 Å². The molecule has 0 aliphatic carbocycles. The Morgan fingerprint density at radius 1 is 1.15 bits per heavy atom. The van der Waals surface area contributed by atoms with Crippen molar-refractivity contribution in [3.05, 3.63) is 11.1 Å². The van der Waals surface area contributed by atoms with Crippen molar-refractivity contribution < 1.29 is 33.8 Å². The molecular formula is C16H23N3O7S. The van der Waals surface area contributed by atoms with Gasteiger partial charge in [-0.1, -0.05) is 5.16 Å². The number of carboxylic acids is 1. The van der Waals surface area contributed by atoms with Crippen LogP contribution in [0, 0.1) is 0 Å². The molecule has 2 N–H and O–H groups in total. The number of amides is 1. The van der Waals surface area contributed by atoms with E-state index in [9.17, 15) is 19.5 Å². The summed E-state index contributed by atoms with van der Waals surface area (Å²) in [5.41, 5.74) is -1.95. The summed E-state index contributed by atoms with van der Waals surface area (Å²) >= 11 is 0.983. The van der Waals surface area contributed by atoms with E-state index in [-0.39, 0.29) is 10.8 Å². The molecule has 1 amide bonds. The van der Waals surface area contributed by atoms with Gasteiger partial charge in [0, 0.05) is 5.38 Å². The number of thiazole rings is 1. The van der Waals surface area contributed by atoms with Crippen molar-refractivity contribution in [2.45, 2.75) is 52.7 Å². The molecular weight excluding hydrogens is 378 g/mol. The summed E-state index contributed by atoms with van der Waals surface area (Å²) < 4.78 is 10.1. The van der Waals surface area contributed by atoms with E-state index >= 15 is 0 Å². The molecule has 10 nitrogen and oxygen atoms in total. The second-order valence-corrected chi connectivity index (χ2v) is 8.13. The Morgan fingerprint density at radius 2 is 1.74 bits per heavy atom. The van der Waals surface area contributed by atoms with Crippen LogP contribution >= 0.6 is 11.3 Å². The topological polar surface area (TPSA) is 136 Å². The van der Waals surface area contributed by atoms with Gasteiger partial charge in [-0.05, 0) is 41.5 Å². The third-order valence-corrected chi connectivity index (χ3v) is 3.07. The predicted octanol–water partition coefficient (Wildman–Crippen LogP) is 2.64. The molecule has 0 radical (unpaired) electrons. The Kier molecular flexibility index (Phi) is 7.28. The van der Waals surface area contributed by atoms with Gasteiger partial charge in [-0.25, -0.2) is 19.4 Å². The first-order valence-corrected chi connectivity index (χ1v) is 8.76. The maximum absolute atomic E-state index is 11.7. The van der Waals surface area contributed by atoms with Crippen LogP contribution in [0.1, 0.15) is 47.2 Å². The molecule has 0 bridgehead atoms. The van der Waals surface area contributed by atoms with Crippen molar-refractivity contribution in [3.8, 4) is 0 Å². The lowest BCUT2D eigenvalue weighted by Gasteiger charge is -2.18. The summed E-state index contributed by atoms with van der Waals surface area (Å²) in [7, 11) is 0. The number of aromatic nitrogens is 1. The Bertz CT molecular complexity index is 729. The lowest BCUT2D eigenvalue weighted by molar-refractivity contribution is -0.160. The molecule has 0 fully saturated rings. The predicted molar refractivity (Wildman–Crippen MR) is 97.9 cm³/mol. The smallest absolute Gasteiger partial charge is 0.413 e. The quantitative estimate of drug-likeness (QED) is 0.422. The minimum absolute atomic E-state index is 0.0391. The molecule has 0 saturated carbocycles. The summed E-state index contributed by atoms with van der Waals surface area (Å²) in [5.74, 6) is -2.10. The van der Waals surface area contributed by atoms with Crippen LogP contribution in [0.15, 0.2) is 10.5 Å². The Hall–Kier alpha value is -2.69. The van der Waals surface area contributed by atoms with Crippen LogP contribution in [0.4, 0.5) is 9.93 Å². The summed E-state index contributed by atoms with van der Waals surface area (Å²) in [6.45, 7) is 9.62. The molecule has 1 heterocycles. The molecule has 0 aliphatic heterocycles. The van der Waals surface area contributed by atoms with E-state index in [0.717, 1.165) is 11.3 Å². The number of carbonyl (C=O) groups excluding carboxylic acids is 2. The molecule has 0 aliphatic rings. The molecule has 0 spiro atoms. The first kappa shape index (κ1) is 22.4. The fourth-order valence-corrected chi connectivity index (χ4v) is 2.23. The van der Waals surface area contributed by atoms with Crippen LogP contribution in [0.3, 0.4) is 0 Å². The van der Waals surface area contributed by atoms with Crippen LogP contribution in [0.2, 0.25) is 0 Å². The van der Waals surface area contributed by atoms with Gasteiger partial charge in [-0.3, -0.25) is 5.32 Å². The monoisotopic (exact) mass is 401 g/mol. The third-order valence-electron chi connectivity index (χ3n) is 2.32. The zero-order valence-electron chi connectivity index (χ0n) is 16.0. The lowest BCUT2D eigenvalue weighted by Crippen LogP contribution is -2.27. The molecule has 11 heteroatoms. The number of anilines is 1. The number of nitrogens with one attached hydrogen (secondary N) is 1. The van der Waals surface area contributed by atoms with Crippen LogP contribution < -0.4 is 5.32 Å². The van der Waals surface area contributed by atoms with Crippen molar-refractivity contribution >= 4 is 40.2 Å². The van der Waals surface area contributed by atoms with Crippen molar-refractivity contribution in [1.82, 2.24) is 4.98 Å². The maximum Gasteiger partial charge on any atom is 0.413 e. The third kappa shape index (κ3) is 8.99. The number of oxime groups is 1. The Labute approximate surface area is 160 Å². The number of esters is 1. The number of carboxylic acid groups (broad SMARTS) is 1. The van der Waals surface area contributed by atoms with E-state index in [1.54, 1.807) is 41.5 Å². The van der Waals surface area contributed by atoms with Gasteiger partial charge < -0.3 is 19.4 Å². The first-order chi connectivity index (χ1) is 12.3. The fourth-order valence-electron chi connectivity index (χ4n) is 1.55. The highest BCUT2D eigenvalue weighted by atomic mass is 32.1. The minimum atomic E-state index is -1.41. The average Bonchev–Trinajstić information content (AvgIpc) is 2.86. The van der Waals surface area contributed by atoms with E-state index in [4.69, 9.17) is 14.3 Å². The van der Waals surface area contributed by atoms with Gasteiger partial charge in [0.05, 0.1) is 0 Å². The van der Waals surface area contributed by atoms with Crippen LogP contribution in [-0.2, 0) is 23.9 Å². The van der Waals surface area contributed by atoms with Gasteiger partial charge in [0.1, 0.15) is 16.9 Å². The normalized spacial score (nSPS) is 12.3. The summed E-state index contributed by atoms with van der Waals surface area (Å²) in [4.78, 5) is 43.3. The van der Waals surface area contributed by atoms with Gasteiger partial charge in [0.15, 0.2) is 5.13 Å². The molecule has 0 unspecified atom stereocenters. The molecule has 1 aromatic rings. The SMILES string of the molecule is CC(C)(C)OC(=O)CON=C(C(=O)O)c1csc(NC(=O)OC(C)(C)C)n1. The number of ether oxygens (including phenoxy) is 2. The zero-order valence-corrected chi connectivity index (χ0v) is 16.8. The van der Waals surface area contributed by atoms with Gasteiger partial charge in [0.2, 0.25) is 12.3 Å². The number of aliphatic carboxylic acids is 1. The van der Waals surface area contributed by atoms with Crippen LogP contribution in [0.25, 0.3) is 0 Å². The van der Waals surface area contributed by atoms with E-state index in [1.807, 2.05) is 0 Å². The van der Waals surface area contributed by atoms with Crippen molar-refractivity contribution in [1.29, 1.82) is 0 Å². The molecule has 0 atom stereocenters. The molecule has 0 aromatic carbocycles. The van der Waals surface area contributed by atoms with Crippen molar-refractivity contribution in [3.63, 3.8) is 0 Å². The highest BCUT2D eigenvalue weighted by Gasteiger charge is 2.21. The zero-order chi connectivity index (χ0) is 20.8. The maximum atomic E-state index is 11.7. The number of rotatable bonds is 6. The second-order valence-electron chi connectivity index (χ2n) is 7.27. The average molecular weight is 401 g/mol.